The van der Waals surface area contributed by atoms with Crippen LogP contribution >= 0.6 is 0 Å². The predicted octanol–water partition coefficient (Wildman–Crippen LogP) is 5.45. The summed E-state index contributed by atoms with van der Waals surface area (Å²) in [6.45, 7) is 12.4. The van der Waals surface area contributed by atoms with E-state index < -0.39 is 35.1 Å². The third kappa shape index (κ3) is 5.64. The van der Waals surface area contributed by atoms with Crippen LogP contribution in [0.1, 0.15) is 70.4 Å². The smallest absolute Gasteiger partial charge is 0.248 e. The van der Waals surface area contributed by atoms with Gasteiger partial charge in [-0.05, 0) is 69.4 Å². The van der Waals surface area contributed by atoms with Gasteiger partial charge in [0.25, 0.3) is 0 Å². The molecule has 2 unspecified atom stereocenters. The van der Waals surface area contributed by atoms with Crippen molar-refractivity contribution in [2.75, 3.05) is 31.2 Å². The molecule has 48 heavy (non-hydrogen) atoms. The van der Waals surface area contributed by atoms with Crippen LogP contribution in [0.25, 0.3) is 0 Å². The Morgan fingerprint density at radius 1 is 1.02 bits per heavy atom. The lowest BCUT2D eigenvalue weighted by Gasteiger charge is -2.42. The zero-order valence-corrected chi connectivity index (χ0v) is 28.3. The predicted molar refractivity (Wildman–Crippen MR) is 184 cm³/mol. The van der Waals surface area contributed by atoms with Gasteiger partial charge in [0.05, 0.1) is 36.7 Å². The first-order valence-corrected chi connectivity index (χ1v) is 17.5. The Bertz CT molecular complexity index is 1510. The average Bonchev–Trinajstić information content (AvgIpc) is 3.68. The molecule has 3 heterocycles. The summed E-state index contributed by atoms with van der Waals surface area (Å²) in [6.07, 6.45) is 9.37. The molecular weight excluding hydrogens is 606 g/mol. The number of carbonyl (C=O) groups is 3. The van der Waals surface area contributed by atoms with Gasteiger partial charge in [-0.1, -0.05) is 61.7 Å². The number of fused-ring (bicyclic) bond motifs is 1. The van der Waals surface area contributed by atoms with E-state index >= 15 is 9.59 Å². The van der Waals surface area contributed by atoms with E-state index in [4.69, 9.17) is 9.47 Å². The standard InChI is InChI=1S/C39H49N3O6/c1-5-24-40(29-18-20-30(21-19-29)47-7-3)35(44)32-33-36(45)42(31(26-43)27-14-10-8-11-15-27)34(39(33)23-22-38(32,4)48-39)37(46)41(25-6-2)28-16-12-9-13-17-28/h5-6,8,10-11,14-15,18-21,28,31-34,43H,1-2,7,9,12-13,16-17,22-26H2,3-4H3/t31-,32-,33+,34?,38+,39?/m1/s1. The molecule has 0 aromatic heterocycles. The maximum absolute atomic E-state index is 15.1. The van der Waals surface area contributed by atoms with Gasteiger partial charge in [0.1, 0.15) is 17.4 Å². The third-order valence-electron chi connectivity index (χ3n) is 11.1. The minimum atomic E-state index is -1.22. The van der Waals surface area contributed by atoms with Crippen LogP contribution in [0.5, 0.6) is 5.75 Å². The van der Waals surface area contributed by atoms with E-state index in [9.17, 15) is 9.90 Å². The topological polar surface area (TPSA) is 99.6 Å². The van der Waals surface area contributed by atoms with Gasteiger partial charge in [0.2, 0.25) is 17.7 Å². The Labute approximate surface area is 284 Å². The molecular formula is C39H49N3O6. The normalized spacial score (nSPS) is 28.5. The molecule has 1 spiro atoms. The first-order chi connectivity index (χ1) is 23.2. The highest BCUT2D eigenvalue weighted by Crippen LogP contribution is 2.64. The number of hydrogen-bond acceptors (Lipinski definition) is 6. The molecule has 3 aliphatic heterocycles. The molecule has 0 radical (unpaired) electrons. The molecule has 2 bridgehead atoms. The molecule has 4 aliphatic rings. The lowest BCUT2D eigenvalue weighted by molar-refractivity contribution is -0.156. The zero-order chi connectivity index (χ0) is 34.1. The fourth-order valence-electron chi connectivity index (χ4n) is 9.00. The van der Waals surface area contributed by atoms with E-state index in [1.807, 2.05) is 73.3 Å². The fourth-order valence-corrected chi connectivity index (χ4v) is 9.00. The van der Waals surface area contributed by atoms with Crippen LogP contribution in [0.2, 0.25) is 0 Å². The molecule has 6 atom stereocenters. The second-order valence-electron chi connectivity index (χ2n) is 13.8. The van der Waals surface area contributed by atoms with Gasteiger partial charge in [-0.25, -0.2) is 0 Å². The van der Waals surface area contributed by atoms with E-state index in [0.29, 0.717) is 37.4 Å². The highest BCUT2D eigenvalue weighted by molar-refractivity contribution is 6.03. The average molecular weight is 656 g/mol. The Balaban J connectivity index is 1.45. The zero-order valence-electron chi connectivity index (χ0n) is 28.3. The van der Waals surface area contributed by atoms with Crippen LogP contribution in [-0.2, 0) is 19.1 Å². The van der Waals surface area contributed by atoms with Gasteiger partial charge < -0.3 is 29.3 Å². The van der Waals surface area contributed by atoms with Gasteiger partial charge in [-0.15, -0.1) is 13.2 Å². The molecule has 4 fully saturated rings. The largest absolute Gasteiger partial charge is 0.494 e. The number of aliphatic hydroxyl groups is 1. The molecule has 6 rings (SSSR count). The highest BCUT2D eigenvalue weighted by atomic mass is 16.5. The summed E-state index contributed by atoms with van der Waals surface area (Å²) in [5.41, 5.74) is -0.798. The Hall–Kier alpha value is -3.95. The molecule has 3 saturated heterocycles. The number of amides is 3. The van der Waals surface area contributed by atoms with Crippen LogP contribution in [0.3, 0.4) is 0 Å². The van der Waals surface area contributed by atoms with Crippen molar-refractivity contribution in [1.29, 1.82) is 0 Å². The number of ether oxygens (including phenoxy) is 2. The summed E-state index contributed by atoms with van der Waals surface area (Å²) in [7, 11) is 0. The number of likely N-dealkylation sites (tertiary alicyclic amines) is 1. The van der Waals surface area contributed by atoms with Crippen LogP contribution in [0.4, 0.5) is 5.69 Å². The maximum Gasteiger partial charge on any atom is 0.248 e. The van der Waals surface area contributed by atoms with Gasteiger partial charge in [0.15, 0.2) is 0 Å². The lowest BCUT2D eigenvalue weighted by Crippen LogP contribution is -2.59. The SMILES string of the molecule is C=CCN(C(=O)[C@H]1[C@H]2C(=O)N([C@H](CO)c3ccccc3)C(C(=O)N(CC=C)C3CCCCC3)C23CC[C@]1(C)O3)c1ccc(OCC)cc1. The van der Waals surface area contributed by atoms with Crippen molar-refractivity contribution in [3.05, 3.63) is 85.5 Å². The number of hydrogen-bond donors (Lipinski definition) is 1. The van der Waals surface area contributed by atoms with Crippen molar-refractivity contribution < 1.29 is 29.0 Å². The first kappa shape index (κ1) is 33.9. The van der Waals surface area contributed by atoms with Crippen LogP contribution in [0, 0.1) is 11.8 Å². The Morgan fingerprint density at radius 3 is 2.33 bits per heavy atom. The van der Waals surface area contributed by atoms with Crippen LogP contribution in [0.15, 0.2) is 79.9 Å². The third-order valence-corrected chi connectivity index (χ3v) is 11.1. The van der Waals surface area contributed by atoms with Crippen molar-refractivity contribution in [2.45, 2.75) is 88.1 Å². The minimum absolute atomic E-state index is 0.0234. The van der Waals surface area contributed by atoms with Gasteiger partial charge >= 0.3 is 0 Å². The maximum atomic E-state index is 15.1. The monoisotopic (exact) mass is 655 g/mol. The van der Waals surface area contributed by atoms with Gasteiger partial charge in [-0.2, -0.15) is 0 Å². The summed E-state index contributed by atoms with van der Waals surface area (Å²) in [5, 5.41) is 10.9. The quantitative estimate of drug-likeness (QED) is 0.288. The van der Waals surface area contributed by atoms with E-state index in [1.165, 1.54) is 0 Å². The van der Waals surface area contributed by atoms with Crippen molar-refractivity contribution in [3.63, 3.8) is 0 Å². The Kier molecular flexibility index (Phi) is 9.81. The molecule has 256 valence electrons. The summed E-state index contributed by atoms with van der Waals surface area (Å²) < 4.78 is 12.6. The number of aliphatic hydroxyl groups excluding tert-OH is 1. The van der Waals surface area contributed by atoms with Gasteiger partial charge in [0, 0.05) is 24.8 Å². The number of anilines is 1. The van der Waals surface area contributed by atoms with E-state index in [0.717, 1.165) is 37.7 Å². The van der Waals surface area contributed by atoms with Gasteiger partial charge in [-0.3, -0.25) is 14.4 Å². The molecule has 3 amide bonds. The molecule has 2 aromatic carbocycles. The van der Waals surface area contributed by atoms with E-state index in [-0.39, 0.29) is 36.9 Å². The summed E-state index contributed by atoms with van der Waals surface area (Å²) in [6, 6.07) is 14.9. The second-order valence-corrected chi connectivity index (χ2v) is 13.8. The number of rotatable bonds is 13. The minimum Gasteiger partial charge on any atom is -0.494 e. The summed E-state index contributed by atoms with van der Waals surface area (Å²) in [5.74, 6) is -1.82. The molecule has 1 N–H and O–H groups in total. The highest BCUT2D eigenvalue weighted by Gasteiger charge is 2.79. The molecule has 1 aliphatic carbocycles. The number of benzene rings is 2. The van der Waals surface area contributed by atoms with Crippen molar-refractivity contribution in [2.24, 2.45) is 11.8 Å². The molecule has 2 aromatic rings. The van der Waals surface area contributed by atoms with E-state index in [2.05, 4.69) is 13.2 Å². The van der Waals surface area contributed by atoms with Crippen molar-refractivity contribution in [1.82, 2.24) is 9.80 Å². The van der Waals surface area contributed by atoms with Crippen LogP contribution in [-0.4, -0.2) is 82.2 Å². The van der Waals surface area contributed by atoms with Crippen molar-refractivity contribution in [3.8, 4) is 5.75 Å². The number of carbonyl (C=O) groups excluding carboxylic acids is 3. The second kappa shape index (κ2) is 13.9. The first-order valence-electron chi connectivity index (χ1n) is 17.5. The van der Waals surface area contributed by atoms with Crippen LogP contribution < -0.4 is 9.64 Å². The number of nitrogens with zero attached hydrogens (tertiary/aromatic N) is 3. The summed E-state index contributed by atoms with van der Waals surface area (Å²) >= 11 is 0. The fraction of sp³-hybridized carbons (Fsp3) is 0.513. The van der Waals surface area contributed by atoms with Crippen molar-refractivity contribution >= 4 is 23.4 Å². The molecule has 9 heteroatoms. The van der Waals surface area contributed by atoms with E-state index in [1.54, 1.807) is 22.0 Å². The Morgan fingerprint density at radius 2 is 1.71 bits per heavy atom. The molecule has 9 nitrogen and oxygen atoms in total. The summed E-state index contributed by atoms with van der Waals surface area (Å²) in [4.78, 5) is 50.1. The lowest BCUT2D eigenvalue weighted by atomic mass is 9.66. The molecule has 1 saturated carbocycles.